The van der Waals surface area contributed by atoms with Crippen LogP contribution in [0.2, 0.25) is 0 Å². The summed E-state index contributed by atoms with van der Waals surface area (Å²) in [5, 5.41) is 0. The Labute approximate surface area is 105 Å². The standard InChI is InChI=1S/C15H25NO/c1-10(2)8-11(3)9-17-15-12(4)6-7-14(16)13(15)5/h6-7,10-11H,8-9,16H2,1-5H3. The molecule has 1 aromatic carbocycles. The Balaban J connectivity index is 2.66. The van der Waals surface area contributed by atoms with Crippen molar-refractivity contribution < 1.29 is 4.74 Å². The minimum atomic E-state index is 0.579. The zero-order chi connectivity index (χ0) is 13.0. The zero-order valence-electron chi connectivity index (χ0n) is 11.7. The molecule has 0 amide bonds. The number of aryl methyl sites for hydroxylation is 1. The summed E-state index contributed by atoms with van der Waals surface area (Å²) in [6.45, 7) is 11.6. The van der Waals surface area contributed by atoms with Crippen LogP contribution in [-0.2, 0) is 0 Å². The molecule has 1 rings (SSSR count). The zero-order valence-corrected chi connectivity index (χ0v) is 11.7. The van der Waals surface area contributed by atoms with E-state index >= 15 is 0 Å². The van der Waals surface area contributed by atoms with Crippen molar-refractivity contribution in [3.05, 3.63) is 23.3 Å². The maximum absolute atomic E-state index is 5.93. The van der Waals surface area contributed by atoms with Crippen LogP contribution in [0.4, 0.5) is 5.69 Å². The molecule has 0 aliphatic heterocycles. The predicted octanol–water partition coefficient (Wildman–Crippen LogP) is 3.95. The molecule has 0 bridgehead atoms. The minimum absolute atomic E-state index is 0.579. The number of nitrogen functional groups attached to an aromatic ring is 1. The molecule has 2 heteroatoms. The average Bonchev–Trinajstić information content (AvgIpc) is 2.23. The Kier molecular flexibility index (Phi) is 4.86. The van der Waals surface area contributed by atoms with Crippen LogP contribution in [-0.4, -0.2) is 6.61 Å². The van der Waals surface area contributed by atoms with Gasteiger partial charge in [0, 0.05) is 11.3 Å². The van der Waals surface area contributed by atoms with Crippen LogP contribution < -0.4 is 10.5 Å². The molecule has 0 fully saturated rings. The van der Waals surface area contributed by atoms with Gasteiger partial charge in [0.25, 0.3) is 0 Å². The third-order valence-electron chi connectivity index (χ3n) is 3.03. The van der Waals surface area contributed by atoms with Gasteiger partial charge in [0.1, 0.15) is 5.75 Å². The molecule has 0 radical (unpaired) electrons. The van der Waals surface area contributed by atoms with Crippen LogP contribution in [0.15, 0.2) is 12.1 Å². The van der Waals surface area contributed by atoms with E-state index in [1.807, 2.05) is 19.1 Å². The van der Waals surface area contributed by atoms with Crippen molar-refractivity contribution in [2.45, 2.75) is 41.0 Å². The van der Waals surface area contributed by atoms with Crippen LogP contribution in [0.3, 0.4) is 0 Å². The summed E-state index contributed by atoms with van der Waals surface area (Å²) < 4.78 is 5.93. The van der Waals surface area contributed by atoms with Gasteiger partial charge in [-0.3, -0.25) is 0 Å². The summed E-state index contributed by atoms with van der Waals surface area (Å²) >= 11 is 0. The lowest BCUT2D eigenvalue weighted by molar-refractivity contribution is 0.236. The highest BCUT2D eigenvalue weighted by Gasteiger charge is 2.10. The van der Waals surface area contributed by atoms with E-state index in [0.717, 1.165) is 35.1 Å². The Morgan fingerprint density at radius 1 is 1.18 bits per heavy atom. The van der Waals surface area contributed by atoms with Gasteiger partial charge in [-0.25, -0.2) is 0 Å². The molecular formula is C15H25NO. The predicted molar refractivity (Wildman–Crippen MR) is 74.4 cm³/mol. The molecule has 0 spiro atoms. The van der Waals surface area contributed by atoms with Crippen molar-refractivity contribution in [2.24, 2.45) is 11.8 Å². The van der Waals surface area contributed by atoms with E-state index in [9.17, 15) is 0 Å². The van der Waals surface area contributed by atoms with Gasteiger partial charge in [-0.1, -0.05) is 26.8 Å². The van der Waals surface area contributed by atoms with E-state index in [2.05, 4.69) is 27.7 Å². The van der Waals surface area contributed by atoms with Crippen molar-refractivity contribution in [3.63, 3.8) is 0 Å². The Hall–Kier alpha value is -1.18. The van der Waals surface area contributed by atoms with Gasteiger partial charge in [-0.05, 0) is 43.7 Å². The second-order valence-corrected chi connectivity index (χ2v) is 5.47. The van der Waals surface area contributed by atoms with Crippen LogP contribution in [0.1, 0.15) is 38.3 Å². The lowest BCUT2D eigenvalue weighted by Gasteiger charge is -2.18. The Bertz CT molecular complexity index is 371. The lowest BCUT2D eigenvalue weighted by Crippen LogP contribution is -2.12. The Morgan fingerprint density at radius 3 is 2.41 bits per heavy atom. The third-order valence-corrected chi connectivity index (χ3v) is 3.03. The monoisotopic (exact) mass is 235 g/mol. The number of rotatable bonds is 5. The summed E-state index contributed by atoms with van der Waals surface area (Å²) in [4.78, 5) is 0. The summed E-state index contributed by atoms with van der Waals surface area (Å²) in [5.41, 5.74) is 8.92. The molecule has 1 aromatic rings. The molecule has 96 valence electrons. The van der Waals surface area contributed by atoms with Gasteiger partial charge in [0.15, 0.2) is 0 Å². The van der Waals surface area contributed by atoms with E-state index in [0.29, 0.717) is 5.92 Å². The number of hydrogen-bond acceptors (Lipinski definition) is 2. The van der Waals surface area contributed by atoms with Crippen LogP contribution in [0.25, 0.3) is 0 Å². The first-order valence-corrected chi connectivity index (χ1v) is 6.40. The van der Waals surface area contributed by atoms with Crippen molar-refractivity contribution in [1.82, 2.24) is 0 Å². The molecular weight excluding hydrogens is 210 g/mol. The van der Waals surface area contributed by atoms with Crippen molar-refractivity contribution in [1.29, 1.82) is 0 Å². The highest BCUT2D eigenvalue weighted by molar-refractivity contribution is 5.56. The lowest BCUT2D eigenvalue weighted by atomic mass is 10.00. The quantitative estimate of drug-likeness (QED) is 0.784. The topological polar surface area (TPSA) is 35.2 Å². The molecule has 0 saturated carbocycles. The second-order valence-electron chi connectivity index (χ2n) is 5.47. The molecule has 0 aliphatic rings. The smallest absolute Gasteiger partial charge is 0.127 e. The van der Waals surface area contributed by atoms with Crippen LogP contribution >= 0.6 is 0 Å². The molecule has 0 saturated heterocycles. The first-order valence-electron chi connectivity index (χ1n) is 6.40. The highest BCUT2D eigenvalue weighted by atomic mass is 16.5. The van der Waals surface area contributed by atoms with E-state index in [1.54, 1.807) is 0 Å². The molecule has 0 aliphatic carbocycles. The maximum atomic E-state index is 5.93. The minimum Gasteiger partial charge on any atom is -0.493 e. The molecule has 17 heavy (non-hydrogen) atoms. The van der Waals surface area contributed by atoms with Gasteiger partial charge in [-0.15, -0.1) is 0 Å². The van der Waals surface area contributed by atoms with Crippen molar-refractivity contribution in [2.75, 3.05) is 12.3 Å². The number of anilines is 1. The molecule has 1 atom stereocenters. The largest absolute Gasteiger partial charge is 0.493 e. The molecule has 0 aromatic heterocycles. The van der Waals surface area contributed by atoms with Crippen LogP contribution in [0.5, 0.6) is 5.75 Å². The number of nitrogens with two attached hydrogens (primary N) is 1. The molecule has 2 N–H and O–H groups in total. The normalized spacial score (nSPS) is 12.8. The van der Waals surface area contributed by atoms with Gasteiger partial charge in [-0.2, -0.15) is 0 Å². The van der Waals surface area contributed by atoms with Gasteiger partial charge in [0.2, 0.25) is 0 Å². The molecule has 1 unspecified atom stereocenters. The van der Waals surface area contributed by atoms with E-state index in [-0.39, 0.29) is 0 Å². The van der Waals surface area contributed by atoms with Crippen molar-refractivity contribution >= 4 is 5.69 Å². The van der Waals surface area contributed by atoms with E-state index in [1.165, 1.54) is 6.42 Å². The first-order chi connectivity index (χ1) is 7.91. The maximum Gasteiger partial charge on any atom is 0.127 e. The summed E-state index contributed by atoms with van der Waals surface area (Å²) in [7, 11) is 0. The van der Waals surface area contributed by atoms with Gasteiger partial charge < -0.3 is 10.5 Å². The fourth-order valence-electron chi connectivity index (χ4n) is 2.16. The summed E-state index contributed by atoms with van der Waals surface area (Å²) in [6.07, 6.45) is 1.19. The first kappa shape index (κ1) is 13.9. The SMILES string of the molecule is Cc1ccc(N)c(C)c1OCC(C)CC(C)C. The van der Waals surface area contributed by atoms with E-state index in [4.69, 9.17) is 10.5 Å². The Morgan fingerprint density at radius 2 is 1.82 bits per heavy atom. The molecule has 2 nitrogen and oxygen atoms in total. The van der Waals surface area contributed by atoms with Gasteiger partial charge in [0.05, 0.1) is 6.61 Å². The van der Waals surface area contributed by atoms with E-state index < -0.39 is 0 Å². The van der Waals surface area contributed by atoms with Crippen molar-refractivity contribution in [3.8, 4) is 5.75 Å². The number of benzene rings is 1. The number of ether oxygens (including phenoxy) is 1. The number of hydrogen-bond donors (Lipinski definition) is 1. The third kappa shape index (κ3) is 3.95. The average molecular weight is 235 g/mol. The second kappa shape index (κ2) is 5.95. The highest BCUT2D eigenvalue weighted by Crippen LogP contribution is 2.28. The summed E-state index contributed by atoms with van der Waals surface area (Å²) in [5.74, 6) is 2.26. The fraction of sp³-hybridized carbons (Fsp3) is 0.600. The van der Waals surface area contributed by atoms with Crippen LogP contribution in [0, 0.1) is 25.7 Å². The van der Waals surface area contributed by atoms with Gasteiger partial charge >= 0.3 is 0 Å². The fourth-order valence-corrected chi connectivity index (χ4v) is 2.16. The summed E-state index contributed by atoms with van der Waals surface area (Å²) in [6, 6.07) is 3.96. The molecule has 0 heterocycles.